The van der Waals surface area contributed by atoms with E-state index in [0.717, 1.165) is 136 Å². The highest BCUT2D eigenvalue weighted by molar-refractivity contribution is 7.13. The molecule has 13 rings (SSSR count). The fourth-order valence-corrected chi connectivity index (χ4v) is 15.7. The third-order valence-corrected chi connectivity index (χ3v) is 20.1. The number of anilines is 4. The number of aryl methyl sites for hydroxylation is 1. The lowest BCUT2D eigenvalue weighted by molar-refractivity contribution is -0.141. The highest BCUT2D eigenvalue weighted by atomic mass is 32.1. The first-order valence-electron chi connectivity index (χ1n) is 30.3. The number of para-hydroxylation sites is 1. The van der Waals surface area contributed by atoms with E-state index in [0.29, 0.717) is 58.8 Å². The van der Waals surface area contributed by atoms with E-state index in [4.69, 9.17) is 19.7 Å². The second kappa shape index (κ2) is 23.3. The second-order valence-corrected chi connectivity index (χ2v) is 25.8. The van der Waals surface area contributed by atoms with Crippen molar-refractivity contribution in [2.75, 3.05) is 59.7 Å². The van der Waals surface area contributed by atoms with Gasteiger partial charge in [0, 0.05) is 112 Å². The lowest BCUT2D eigenvalue weighted by atomic mass is 9.89. The highest BCUT2D eigenvalue weighted by Crippen LogP contribution is 2.45. The van der Waals surface area contributed by atoms with Gasteiger partial charge in [-0.25, -0.2) is 9.97 Å². The number of aliphatic hydroxyl groups excluding tert-OH is 1. The summed E-state index contributed by atoms with van der Waals surface area (Å²) in [5, 5.41) is 37.7. The van der Waals surface area contributed by atoms with Crippen LogP contribution in [0.25, 0.3) is 21.7 Å². The lowest BCUT2D eigenvalue weighted by Crippen LogP contribution is -2.54. The van der Waals surface area contributed by atoms with E-state index < -0.39 is 18.1 Å². The molecule has 20 heteroatoms. The van der Waals surface area contributed by atoms with E-state index in [1.165, 1.54) is 0 Å². The van der Waals surface area contributed by atoms with Gasteiger partial charge in [0.15, 0.2) is 17.4 Å². The molecule has 6 saturated heterocycles. The van der Waals surface area contributed by atoms with Gasteiger partial charge in [-0.3, -0.25) is 9.59 Å². The molecule has 6 aromatic rings. The predicted molar refractivity (Wildman–Crippen MR) is 318 cm³/mol. The summed E-state index contributed by atoms with van der Waals surface area (Å²) in [7, 11) is 0. The summed E-state index contributed by atoms with van der Waals surface area (Å²) in [5.74, 6) is 1.84. The molecular weight excluding hydrogens is 1070 g/mol. The number of hydrogen-bond acceptors (Lipinski definition) is 18. The number of nitrogens with one attached hydrogen (secondary N) is 1. The molecule has 0 spiro atoms. The summed E-state index contributed by atoms with van der Waals surface area (Å²) in [6, 6.07) is 23.7. The third-order valence-electron chi connectivity index (χ3n) is 19.1. The lowest BCUT2D eigenvalue weighted by Gasteiger charge is -2.43. The van der Waals surface area contributed by atoms with Crippen LogP contribution in [0, 0.1) is 18.8 Å². The van der Waals surface area contributed by atoms with E-state index >= 15 is 0 Å². The molecule has 1 saturated carbocycles. The minimum absolute atomic E-state index is 0.0865. The molecule has 2 aromatic carbocycles. The van der Waals surface area contributed by atoms with Crippen LogP contribution in [-0.2, 0) is 14.3 Å². The zero-order chi connectivity index (χ0) is 57.0. The summed E-state index contributed by atoms with van der Waals surface area (Å²) in [4.78, 5) is 50.1. The van der Waals surface area contributed by atoms with Gasteiger partial charge in [-0.1, -0.05) is 55.4 Å². The van der Waals surface area contributed by atoms with Crippen molar-refractivity contribution >= 4 is 46.2 Å². The number of nitrogen functional groups attached to an aromatic ring is 1. The number of nitrogens with two attached hydrogens (primary N) is 1. The van der Waals surface area contributed by atoms with Crippen molar-refractivity contribution in [3.8, 4) is 33.3 Å². The van der Waals surface area contributed by atoms with Gasteiger partial charge in [-0.2, -0.15) is 0 Å². The van der Waals surface area contributed by atoms with E-state index in [2.05, 4.69) is 62.4 Å². The summed E-state index contributed by atoms with van der Waals surface area (Å²) < 4.78 is 19.2. The zero-order valence-corrected chi connectivity index (χ0v) is 48.8. The number of pyridine rings is 1. The number of fused-ring (bicyclic) bond motifs is 4. The number of aliphatic hydroxyl groups is 1. The standard InChI is InChI=1S/C63H78N12O7S/c1-36(2)59(63(79)73-34-47(76)26-54(73)62(78)67-37(3)40-9-11-41(12-10-40)60-38(4)66-35-83-60)56-30-57(70-82-56)75-42-13-14-43(75)24-39(23-42)31-71-21-18-48(19-22-71)80-49-27-50(28-49)81-58-25-44(17-20-65-58)74-45-15-16-46(74)33-72(32-45)53-29-52(68-69-61(53)64)51-7-5-6-8-55(51)77/h5-12,17,20,25,29-30,35-37,39,42-43,45-50,54,59,76-77H,13-16,18-19,21-24,26-28,31-34H2,1-4H3,(H2,64,69)(H,67,78)/t37-,39?,42?,43?,45?,46?,47+,49-,50-,54-,59+/m0/s1. The molecule has 0 radical (unpaired) electrons. The number of phenolic OH excluding ortho intramolecular Hbond substituents is 1. The van der Waals surface area contributed by atoms with Crippen LogP contribution in [0.1, 0.15) is 120 Å². The number of carbonyl (C=O) groups excluding carboxylic acids is 2. The van der Waals surface area contributed by atoms with Crippen molar-refractivity contribution in [1.29, 1.82) is 0 Å². The molecule has 6 aliphatic heterocycles. The number of phenols is 1. The van der Waals surface area contributed by atoms with Crippen LogP contribution in [0.2, 0.25) is 0 Å². The zero-order valence-electron chi connectivity index (χ0n) is 48.0. The minimum atomic E-state index is -0.802. The van der Waals surface area contributed by atoms with E-state index in [1.807, 2.05) is 87.9 Å². The Labute approximate surface area is 489 Å². The number of hydrogen-bond donors (Lipinski definition) is 4. The molecule has 8 atom stereocenters. The van der Waals surface area contributed by atoms with Crippen LogP contribution in [0.15, 0.2) is 89.0 Å². The van der Waals surface area contributed by atoms with Crippen molar-refractivity contribution in [2.45, 2.75) is 165 Å². The Morgan fingerprint density at radius 1 is 0.819 bits per heavy atom. The van der Waals surface area contributed by atoms with Gasteiger partial charge in [0.25, 0.3) is 0 Å². The topological polar surface area (TPSA) is 225 Å². The average molecular weight is 1150 g/mol. The number of piperidine rings is 2. The molecule has 4 unspecified atom stereocenters. The van der Waals surface area contributed by atoms with Gasteiger partial charge in [0.05, 0.1) is 51.8 Å². The molecular formula is C63H78N12O7S. The molecule has 4 aromatic heterocycles. The van der Waals surface area contributed by atoms with Crippen molar-refractivity contribution < 1.29 is 33.8 Å². The fourth-order valence-electron chi connectivity index (χ4n) is 14.8. The minimum Gasteiger partial charge on any atom is -0.507 e. The largest absolute Gasteiger partial charge is 0.507 e. The molecule has 5 N–H and O–H groups in total. The Bertz CT molecular complexity index is 3240. The Morgan fingerprint density at radius 2 is 1.55 bits per heavy atom. The van der Waals surface area contributed by atoms with E-state index in [-0.39, 0.29) is 60.8 Å². The summed E-state index contributed by atoms with van der Waals surface area (Å²) in [6.45, 7) is 12.8. The second-order valence-electron chi connectivity index (χ2n) is 25.0. The van der Waals surface area contributed by atoms with Crippen molar-refractivity contribution in [3.05, 3.63) is 102 Å². The Hall–Kier alpha value is -6.87. The van der Waals surface area contributed by atoms with Gasteiger partial charge in [0.2, 0.25) is 17.7 Å². The predicted octanol–water partition coefficient (Wildman–Crippen LogP) is 8.52. The summed E-state index contributed by atoms with van der Waals surface area (Å²) in [6.07, 6.45) is 12.2. The number of likely N-dealkylation sites (tertiary alicyclic amines) is 2. The Kier molecular flexibility index (Phi) is 15.5. The highest BCUT2D eigenvalue weighted by Gasteiger charge is 2.47. The number of aromatic nitrogens is 5. The fraction of sp³-hybridized carbons (Fsp3) is 0.540. The number of amides is 2. The maximum Gasteiger partial charge on any atom is 0.243 e. The van der Waals surface area contributed by atoms with Crippen LogP contribution < -0.4 is 30.5 Å². The van der Waals surface area contributed by atoms with Crippen LogP contribution in [0.5, 0.6) is 11.6 Å². The smallest absolute Gasteiger partial charge is 0.243 e. The first-order chi connectivity index (χ1) is 40.3. The SMILES string of the molecule is Cc1ncsc1-c1ccc([C@H](C)NC(=O)[C@@H]2C[C@@H](O)CN2C(=O)[C@@H](c2cc(N3C4CCC3CC(CN3CCC(O[C@H]5C[C@H](Oc6cc(N7C8CCC7CN(c7cc(-c9ccccc9O)nnc7N)C8)ccn6)C5)CC3)C4)no2)C(C)C)cc1. The van der Waals surface area contributed by atoms with Crippen LogP contribution in [0.4, 0.5) is 23.0 Å². The number of benzene rings is 2. The van der Waals surface area contributed by atoms with Gasteiger partial charge in [-0.05, 0) is 112 Å². The Morgan fingerprint density at radius 3 is 2.27 bits per heavy atom. The summed E-state index contributed by atoms with van der Waals surface area (Å²) in [5.41, 5.74) is 14.5. The molecule has 7 aliphatic rings. The number of thiazole rings is 1. The van der Waals surface area contributed by atoms with Gasteiger partial charge < -0.3 is 59.8 Å². The number of aromatic hydroxyl groups is 1. The molecule has 2 amide bonds. The molecule has 10 heterocycles. The average Bonchev–Trinajstić information content (AvgIpc) is 4.48. The maximum absolute atomic E-state index is 14.5. The van der Waals surface area contributed by atoms with Crippen molar-refractivity contribution in [3.63, 3.8) is 0 Å². The Balaban J connectivity index is 0.551. The number of piperazine rings is 1. The molecule has 19 nitrogen and oxygen atoms in total. The summed E-state index contributed by atoms with van der Waals surface area (Å²) >= 11 is 1.60. The third kappa shape index (κ3) is 11.4. The normalized spacial score (nSPS) is 27.0. The van der Waals surface area contributed by atoms with Crippen molar-refractivity contribution in [2.24, 2.45) is 11.8 Å². The molecule has 7 fully saturated rings. The van der Waals surface area contributed by atoms with Crippen LogP contribution in [-0.4, -0.2) is 151 Å². The van der Waals surface area contributed by atoms with Crippen LogP contribution in [0.3, 0.4) is 0 Å². The number of ether oxygens (including phenoxy) is 2. The molecule has 4 bridgehead atoms. The molecule has 83 heavy (non-hydrogen) atoms. The first-order valence-corrected chi connectivity index (χ1v) is 31.1. The van der Waals surface area contributed by atoms with E-state index in [1.54, 1.807) is 28.4 Å². The van der Waals surface area contributed by atoms with Gasteiger partial charge in [0.1, 0.15) is 23.8 Å². The number of carbonyl (C=O) groups is 2. The molecule has 1 aliphatic carbocycles. The monoisotopic (exact) mass is 1150 g/mol. The van der Waals surface area contributed by atoms with Gasteiger partial charge >= 0.3 is 0 Å². The first kappa shape index (κ1) is 55.3. The van der Waals surface area contributed by atoms with Crippen molar-refractivity contribution in [1.82, 2.24) is 40.4 Å². The maximum atomic E-state index is 14.5. The van der Waals surface area contributed by atoms with Gasteiger partial charge in [-0.15, -0.1) is 21.5 Å². The number of rotatable bonds is 17. The molecule has 438 valence electrons. The van der Waals surface area contributed by atoms with E-state index in [9.17, 15) is 19.8 Å². The quantitative estimate of drug-likeness (QED) is 0.0671. The van der Waals surface area contributed by atoms with Crippen LogP contribution >= 0.6 is 11.3 Å². The number of nitrogens with zero attached hydrogens (tertiary/aromatic N) is 10. The number of β-amino-alcohol motifs (C(OH)–C–C–N with tert-alkyl or cyclic N) is 1.